The highest BCUT2D eigenvalue weighted by atomic mass is 28.4. The molecule has 0 aromatic carbocycles. The summed E-state index contributed by atoms with van der Waals surface area (Å²) in [5.74, 6) is 0. The van der Waals surface area contributed by atoms with Crippen molar-refractivity contribution < 1.29 is 17.7 Å². The molecule has 0 spiro atoms. The molecule has 0 saturated carbocycles. The van der Waals surface area contributed by atoms with Crippen molar-refractivity contribution in [3.8, 4) is 0 Å². The van der Waals surface area contributed by atoms with E-state index in [1.807, 2.05) is 19.1 Å². The molecular formula is C13H22O4Si. The molecule has 0 N–H and O–H groups in total. The van der Waals surface area contributed by atoms with E-state index in [4.69, 9.17) is 17.7 Å². The van der Waals surface area contributed by atoms with Crippen LogP contribution in [0.5, 0.6) is 0 Å². The SMILES string of the molecule is C=CCO[Si](OCC=C)(OCC=C)OCC=CC. The van der Waals surface area contributed by atoms with Crippen molar-refractivity contribution in [1.29, 1.82) is 0 Å². The first-order valence-electron chi connectivity index (χ1n) is 5.74. The second-order valence-corrected chi connectivity index (χ2v) is 5.33. The van der Waals surface area contributed by atoms with Crippen LogP contribution < -0.4 is 0 Å². The first-order valence-corrected chi connectivity index (χ1v) is 7.37. The highest BCUT2D eigenvalue weighted by molar-refractivity contribution is 6.53. The van der Waals surface area contributed by atoms with E-state index in [2.05, 4.69) is 19.7 Å². The molecule has 0 saturated heterocycles. The Morgan fingerprint density at radius 3 is 1.50 bits per heavy atom. The van der Waals surface area contributed by atoms with Crippen LogP contribution in [0, 0.1) is 0 Å². The van der Waals surface area contributed by atoms with E-state index < -0.39 is 9.05 Å². The molecule has 0 aliphatic carbocycles. The maximum Gasteiger partial charge on any atom is 0.680 e. The van der Waals surface area contributed by atoms with Crippen LogP contribution in [0.1, 0.15) is 6.92 Å². The third kappa shape index (κ3) is 7.36. The third-order valence-electron chi connectivity index (χ3n) is 1.73. The average Bonchev–Trinajstić information content (AvgIpc) is 2.40. The predicted molar refractivity (Wildman–Crippen MR) is 75.0 cm³/mol. The van der Waals surface area contributed by atoms with E-state index in [-0.39, 0.29) is 0 Å². The maximum absolute atomic E-state index is 5.62. The van der Waals surface area contributed by atoms with Crippen molar-refractivity contribution in [1.82, 2.24) is 0 Å². The lowest BCUT2D eigenvalue weighted by Gasteiger charge is -2.26. The van der Waals surface area contributed by atoms with Crippen LogP contribution in [0.15, 0.2) is 50.1 Å². The summed E-state index contributed by atoms with van der Waals surface area (Å²) in [7, 11) is -3.16. The second-order valence-electron chi connectivity index (χ2n) is 3.18. The Labute approximate surface area is 111 Å². The lowest BCUT2D eigenvalue weighted by Crippen LogP contribution is -2.49. The highest BCUT2D eigenvalue weighted by Crippen LogP contribution is 2.12. The van der Waals surface area contributed by atoms with Gasteiger partial charge in [0.25, 0.3) is 0 Å². The molecule has 102 valence electrons. The summed E-state index contributed by atoms with van der Waals surface area (Å²) in [5, 5.41) is 0. The van der Waals surface area contributed by atoms with E-state index in [1.54, 1.807) is 18.2 Å². The van der Waals surface area contributed by atoms with Gasteiger partial charge in [-0.25, -0.2) is 0 Å². The quantitative estimate of drug-likeness (QED) is 0.403. The molecule has 5 heteroatoms. The molecule has 0 amide bonds. The van der Waals surface area contributed by atoms with Gasteiger partial charge in [-0.3, -0.25) is 0 Å². The number of rotatable bonds is 12. The van der Waals surface area contributed by atoms with Crippen LogP contribution >= 0.6 is 0 Å². The van der Waals surface area contributed by atoms with Crippen molar-refractivity contribution in [2.24, 2.45) is 0 Å². The van der Waals surface area contributed by atoms with Crippen LogP contribution in [0.3, 0.4) is 0 Å². The van der Waals surface area contributed by atoms with E-state index >= 15 is 0 Å². The smallest absolute Gasteiger partial charge is 0.347 e. The lowest BCUT2D eigenvalue weighted by atomic mass is 10.6. The first-order chi connectivity index (χ1) is 8.74. The molecule has 0 heterocycles. The predicted octanol–water partition coefficient (Wildman–Crippen LogP) is 2.62. The van der Waals surface area contributed by atoms with Gasteiger partial charge in [0, 0.05) is 0 Å². The van der Waals surface area contributed by atoms with Crippen LogP contribution in [-0.4, -0.2) is 35.5 Å². The Morgan fingerprint density at radius 2 is 1.17 bits per heavy atom. The van der Waals surface area contributed by atoms with Crippen LogP contribution in [0.4, 0.5) is 0 Å². The third-order valence-corrected chi connectivity index (χ3v) is 3.81. The van der Waals surface area contributed by atoms with Gasteiger partial charge in [-0.1, -0.05) is 30.4 Å². The number of hydrogen-bond acceptors (Lipinski definition) is 4. The largest absolute Gasteiger partial charge is 0.680 e. The highest BCUT2D eigenvalue weighted by Gasteiger charge is 2.45. The van der Waals surface area contributed by atoms with Crippen molar-refractivity contribution in [3.63, 3.8) is 0 Å². The molecule has 0 unspecified atom stereocenters. The number of hydrogen-bond donors (Lipinski definition) is 0. The topological polar surface area (TPSA) is 36.9 Å². The zero-order valence-corrected chi connectivity index (χ0v) is 12.0. The molecule has 0 fully saturated rings. The lowest BCUT2D eigenvalue weighted by molar-refractivity contribution is -0.0117. The first kappa shape index (κ1) is 17.0. The second kappa shape index (κ2) is 11.1. The van der Waals surface area contributed by atoms with Gasteiger partial charge < -0.3 is 17.7 Å². The molecule has 0 aromatic rings. The van der Waals surface area contributed by atoms with Crippen LogP contribution in [0.25, 0.3) is 0 Å². The van der Waals surface area contributed by atoms with Gasteiger partial charge in [0.15, 0.2) is 0 Å². The van der Waals surface area contributed by atoms with Crippen molar-refractivity contribution in [2.75, 3.05) is 26.4 Å². The van der Waals surface area contributed by atoms with E-state index in [0.29, 0.717) is 26.4 Å². The Balaban J connectivity index is 4.64. The minimum absolute atomic E-state index is 0.302. The summed E-state index contributed by atoms with van der Waals surface area (Å²) in [6, 6.07) is 0. The molecule has 0 bridgehead atoms. The van der Waals surface area contributed by atoms with Crippen molar-refractivity contribution in [3.05, 3.63) is 50.1 Å². The zero-order chi connectivity index (χ0) is 13.7. The summed E-state index contributed by atoms with van der Waals surface area (Å²) < 4.78 is 22.3. The summed E-state index contributed by atoms with van der Waals surface area (Å²) >= 11 is 0. The number of allylic oxidation sites excluding steroid dienone is 1. The molecule has 0 rings (SSSR count). The summed E-state index contributed by atoms with van der Waals surface area (Å²) in [5.41, 5.74) is 0. The Hall–Kier alpha value is -0.983. The average molecular weight is 270 g/mol. The standard InChI is InChI=1S/C13H22O4Si/c1-5-9-13-17-18(14-10-6-2,15-11-7-3)16-12-8-4/h5-9H,2-4,10-13H2,1H3. The fourth-order valence-corrected chi connectivity index (χ4v) is 2.75. The molecule has 0 aliphatic heterocycles. The molecule has 18 heavy (non-hydrogen) atoms. The molecule has 0 aliphatic rings. The van der Waals surface area contributed by atoms with Crippen LogP contribution in [-0.2, 0) is 17.7 Å². The van der Waals surface area contributed by atoms with E-state index in [0.717, 1.165) is 0 Å². The maximum atomic E-state index is 5.62. The van der Waals surface area contributed by atoms with Gasteiger partial charge >= 0.3 is 9.05 Å². The molecule has 0 aromatic heterocycles. The fraction of sp³-hybridized carbons (Fsp3) is 0.385. The Kier molecular flexibility index (Phi) is 10.5. The minimum atomic E-state index is -3.16. The van der Waals surface area contributed by atoms with Crippen molar-refractivity contribution in [2.45, 2.75) is 6.92 Å². The van der Waals surface area contributed by atoms with E-state index in [1.165, 1.54) is 0 Å². The summed E-state index contributed by atoms with van der Waals surface area (Å²) in [4.78, 5) is 0. The Morgan fingerprint density at radius 1 is 0.778 bits per heavy atom. The van der Waals surface area contributed by atoms with Crippen molar-refractivity contribution >= 4 is 9.05 Å². The van der Waals surface area contributed by atoms with Gasteiger partial charge in [-0.15, -0.1) is 19.7 Å². The van der Waals surface area contributed by atoms with Crippen LogP contribution in [0.2, 0.25) is 0 Å². The fourth-order valence-electron chi connectivity index (χ4n) is 0.979. The van der Waals surface area contributed by atoms with Gasteiger partial charge in [0.2, 0.25) is 0 Å². The van der Waals surface area contributed by atoms with Gasteiger partial charge in [0.05, 0.1) is 26.4 Å². The van der Waals surface area contributed by atoms with Gasteiger partial charge in [-0.2, -0.15) is 0 Å². The van der Waals surface area contributed by atoms with Gasteiger partial charge in [0.1, 0.15) is 0 Å². The molecule has 4 nitrogen and oxygen atoms in total. The molecule has 0 radical (unpaired) electrons. The normalized spacial score (nSPS) is 11.6. The molecule has 0 atom stereocenters. The monoisotopic (exact) mass is 270 g/mol. The zero-order valence-electron chi connectivity index (χ0n) is 11.0. The molecular weight excluding hydrogens is 248 g/mol. The Bertz CT molecular complexity index is 245. The summed E-state index contributed by atoms with van der Waals surface area (Å²) in [6.45, 7) is 14.0. The summed E-state index contributed by atoms with van der Waals surface area (Å²) in [6.07, 6.45) is 8.60. The van der Waals surface area contributed by atoms with Gasteiger partial charge in [-0.05, 0) is 6.92 Å². The minimum Gasteiger partial charge on any atom is -0.347 e. The van der Waals surface area contributed by atoms with E-state index in [9.17, 15) is 0 Å².